The minimum atomic E-state index is -3.21. The number of alkyl halides is 2. The number of fused-ring (bicyclic) bond motifs is 1. The molecule has 0 unspecified atom stereocenters. The Labute approximate surface area is 168 Å². The van der Waals surface area contributed by atoms with Crippen LogP contribution in [0.2, 0.25) is 0 Å². The van der Waals surface area contributed by atoms with Crippen molar-refractivity contribution in [3.63, 3.8) is 0 Å². The van der Waals surface area contributed by atoms with Gasteiger partial charge in [-0.15, -0.1) is 0 Å². The standard InChI is InChI=1S/C20H25F2N3O4/c1-19(2,3)18(26)25-9-13-7-6-12(8-15(13)28-11-14(25)10-27-5)16-23-17(29-24-16)20(4,21)22/h6-8,14H,9-11H2,1-5H3/t14-/m0/s1. The molecule has 1 aliphatic rings. The Morgan fingerprint density at radius 1 is 1.31 bits per heavy atom. The molecular formula is C20H25F2N3O4. The van der Waals surface area contributed by atoms with Crippen LogP contribution in [-0.4, -0.2) is 47.3 Å². The third kappa shape index (κ3) is 4.55. The van der Waals surface area contributed by atoms with Crippen LogP contribution in [0.4, 0.5) is 8.78 Å². The van der Waals surface area contributed by atoms with Gasteiger partial charge in [0.25, 0.3) is 5.89 Å². The van der Waals surface area contributed by atoms with Crippen molar-refractivity contribution in [1.29, 1.82) is 0 Å². The topological polar surface area (TPSA) is 77.7 Å². The third-order valence-corrected chi connectivity index (χ3v) is 4.60. The molecule has 1 aromatic carbocycles. The largest absolute Gasteiger partial charge is 0.491 e. The van der Waals surface area contributed by atoms with E-state index in [4.69, 9.17) is 9.47 Å². The third-order valence-electron chi connectivity index (χ3n) is 4.60. The van der Waals surface area contributed by atoms with Crippen molar-refractivity contribution in [2.75, 3.05) is 20.3 Å². The van der Waals surface area contributed by atoms with E-state index in [2.05, 4.69) is 14.7 Å². The van der Waals surface area contributed by atoms with Crippen LogP contribution in [-0.2, 0) is 22.0 Å². The highest BCUT2D eigenvalue weighted by Gasteiger charge is 2.35. The summed E-state index contributed by atoms with van der Waals surface area (Å²) < 4.78 is 42.6. The molecular weight excluding hydrogens is 384 g/mol. The molecule has 0 fully saturated rings. The SMILES string of the molecule is COC[C@H]1COc2cc(-c3noc(C(C)(F)F)n3)ccc2CN1C(=O)C(C)(C)C. The number of methoxy groups -OCH3 is 1. The monoisotopic (exact) mass is 409 g/mol. The van der Waals surface area contributed by atoms with E-state index < -0.39 is 17.2 Å². The molecule has 0 spiro atoms. The van der Waals surface area contributed by atoms with Gasteiger partial charge in [-0.1, -0.05) is 38.1 Å². The van der Waals surface area contributed by atoms with Crippen molar-refractivity contribution in [3.8, 4) is 17.1 Å². The molecule has 0 saturated carbocycles. The van der Waals surface area contributed by atoms with E-state index in [1.165, 1.54) is 0 Å². The summed E-state index contributed by atoms with van der Waals surface area (Å²) in [5.74, 6) is -3.37. The lowest BCUT2D eigenvalue weighted by molar-refractivity contribution is -0.144. The first-order valence-electron chi connectivity index (χ1n) is 9.29. The number of aromatic nitrogens is 2. The highest BCUT2D eigenvalue weighted by molar-refractivity contribution is 5.82. The number of ether oxygens (including phenoxy) is 2. The Kier molecular flexibility index (Phi) is 5.62. The maximum atomic E-state index is 13.4. The van der Waals surface area contributed by atoms with Gasteiger partial charge in [-0.25, -0.2) is 0 Å². The maximum Gasteiger partial charge on any atom is 0.322 e. The fourth-order valence-electron chi connectivity index (χ4n) is 3.07. The minimum absolute atomic E-state index is 0.00642. The first-order valence-corrected chi connectivity index (χ1v) is 9.29. The Balaban J connectivity index is 1.92. The van der Waals surface area contributed by atoms with Gasteiger partial charge < -0.3 is 18.9 Å². The van der Waals surface area contributed by atoms with Crippen LogP contribution >= 0.6 is 0 Å². The molecule has 7 nitrogen and oxygen atoms in total. The van der Waals surface area contributed by atoms with Gasteiger partial charge >= 0.3 is 5.92 Å². The summed E-state index contributed by atoms with van der Waals surface area (Å²) in [6.07, 6.45) is 0. The van der Waals surface area contributed by atoms with Gasteiger partial charge in [0, 0.05) is 37.1 Å². The van der Waals surface area contributed by atoms with E-state index in [1.54, 1.807) is 30.2 Å². The van der Waals surface area contributed by atoms with E-state index in [9.17, 15) is 13.6 Å². The molecule has 9 heteroatoms. The summed E-state index contributed by atoms with van der Waals surface area (Å²) in [4.78, 5) is 18.5. The number of amides is 1. The summed E-state index contributed by atoms with van der Waals surface area (Å²) in [6.45, 7) is 7.23. The van der Waals surface area contributed by atoms with Crippen molar-refractivity contribution in [1.82, 2.24) is 15.0 Å². The van der Waals surface area contributed by atoms with Gasteiger partial charge in [-0.3, -0.25) is 4.79 Å². The van der Waals surface area contributed by atoms with Crippen LogP contribution in [0, 0.1) is 5.41 Å². The number of rotatable bonds is 4. The highest BCUT2D eigenvalue weighted by atomic mass is 19.3. The van der Waals surface area contributed by atoms with E-state index in [0.29, 0.717) is 31.4 Å². The highest BCUT2D eigenvalue weighted by Crippen LogP contribution is 2.33. The van der Waals surface area contributed by atoms with Crippen molar-refractivity contribution < 1.29 is 27.6 Å². The molecule has 158 valence electrons. The molecule has 3 rings (SSSR count). The van der Waals surface area contributed by atoms with Gasteiger partial charge in [0.2, 0.25) is 11.7 Å². The predicted molar refractivity (Wildman–Crippen MR) is 100 cm³/mol. The average molecular weight is 409 g/mol. The molecule has 1 aliphatic heterocycles. The molecule has 1 atom stereocenters. The summed E-state index contributed by atoms with van der Waals surface area (Å²) in [5, 5.41) is 3.64. The Morgan fingerprint density at radius 3 is 2.62 bits per heavy atom. The predicted octanol–water partition coefficient (Wildman–Crippen LogP) is 3.63. The molecule has 0 radical (unpaired) electrons. The van der Waals surface area contributed by atoms with E-state index in [0.717, 1.165) is 5.56 Å². The Hall–Kier alpha value is -2.55. The van der Waals surface area contributed by atoms with Crippen molar-refractivity contribution in [3.05, 3.63) is 29.7 Å². The van der Waals surface area contributed by atoms with Crippen LogP contribution in [0.5, 0.6) is 5.75 Å². The van der Waals surface area contributed by atoms with Crippen LogP contribution < -0.4 is 4.74 Å². The lowest BCUT2D eigenvalue weighted by Gasteiger charge is -2.33. The first-order chi connectivity index (χ1) is 13.5. The number of hydrogen-bond donors (Lipinski definition) is 0. The second-order valence-electron chi connectivity index (χ2n) is 8.24. The Morgan fingerprint density at radius 2 is 2.03 bits per heavy atom. The molecule has 0 saturated heterocycles. The van der Waals surface area contributed by atoms with Crippen LogP contribution in [0.25, 0.3) is 11.4 Å². The van der Waals surface area contributed by atoms with Gasteiger partial charge in [0.15, 0.2) is 0 Å². The lowest BCUT2D eigenvalue weighted by atomic mass is 9.93. The van der Waals surface area contributed by atoms with Crippen LogP contribution in [0.1, 0.15) is 39.1 Å². The molecule has 1 amide bonds. The van der Waals surface area contributed by atoms with Crippen molar-refractivity contribution in [2.45, 2.75) is 46.2 Å². The van der Waals surface area contributed by atoms with Gasteiger partial charge in [-0.05, 0) is 6.07 Å². The molecule has 0 N–H and O–H groups in total. The smallest absolute Gasteiger partial charge is 0.322 e. The summed E-state index contributed by atoms with van der Waals surface area (Å²) in [6, 6.07) is 4.90. The molecule has 0 aliphatic carbocycles. The van der Waals surface area contributed by atoms with E-state index in [-0.39, 0.29) is 24.4 Å². The quantitative estimate of drug-likeness (QED) is 0.767. The fraction of sp³-hybridized carbons (Fsp3) is 0.550. The second-order valence-corrected chi connectivity index (χ2v) is 8.24. The zero-order valence-corrected chi connectivity index (χ0v) is 17.2. The molecule has 29 heavy (non-hydrogen) atoms. The normalized spacial score (nSPS) is 17.5. The minimum Gasteiger partial charge on any atom is -0.491 e. The zero-order valence-electron chi connectivity index (χ0n) is 17.2. The first kappa shape index (κ1) is 21.2. The van der Waals surface area contributed by atoms with Gasteiger partial charge in [0.05, 0.1) is 12.6 Å². The average Bonchev–Trinajstić information content (AvgIpc) is 3.06. The summed E-state index contributed by atoms with van der Waals surface area (Å²) in [5.41, 5.74) is 0.736. The second kappa shape index (κ2) is 7.70. The fourth-order valence-corrected chi connectivity index (χ4v) is 3.07. The number of nitrogens with zero attached hydrogens (tertiary/aromatic N) is 3. The molecule has 0 bridgehead atoms. The Bertz CT molecular complexity index is 887. The van der Waals surface area contributed by atoms with Crippen molar-refractivity contribution in [2.24, 2.45) is 5.41 Å². The number of hydrogen-bond acceptors (Lipinski definition) is 6. The van der Waals surface area contributed by atoms with Gasteiger partial charge in [0.1, 0.15) is 12.4 Å². The van der Waals surface area contributed by atoms with Crippen molar-refractivity contribution >= 4 is 5.91 Å². The van der Waals surface area contributed by atoms with E-state index >= 15 is 0 Å². The molecule has 2 aromatic rings. The number of carbonyl (C=O) groups excluding carboxylic acids is 1. The lowest BCUT2D eigenvalue weighted by Crippen LogP contribution is -2.48. The molecule has 2 heterocycles. The number of benzene rings is 1. The number of carbonyl (C=O) groups is 1. The van der Waals surface area contributed by atoms with Crippen LogP contribution in [0.15, 0.2) is 22.7 Å². The van der Waals surface area contributed by atoms with E-state index in [1.807, 2.05) is 20.8 Å². The number of halogens is 2. The molecule has 1 aromatic heterocycles. The zero-order chi connectivity index (χ0) is 21.4. The van der Waals surface area contributed by atoms with Gasteiger partial charge in [-0.2, -0.15) is 13.8 Å². The summed E-state index contributed by atoms with van der Waals surface area (Å²) in [7, 11) is 1.58. The van der Waals surface area contributed by atoms with Crippen LogP contribution in [0.3, 0.4) is 0 Å². The maximum absolute atomic E-state index is 13.4. The summed E-state index contributed by atoms with van der Waals surface area (Å²) >= 11 is 0.